The van der Waals surface area contributed by atoms with Crippen molar-refractivity contribution < 1.29 is 14.3 Å². The Morgan fingerprint density at radius 2 is 2.05 bits per heavy atom. The number of rotatable bonds is 5. The van der Waals surface area contributed by atoms with Gasteiger partial charge in [-0.15, -0.1) is 0 Å². The Kier molecular flexibility index (Phi) is 5.57. The van der Waals surface area contributed by atoms with Crippen LogP contribution in [0.3, 0.4) is 0 Å². The fourth-order valence-electron chi connectivity index (χ4n) is 1.46. The van der Waals surface area contributed by atoms with Crippen LogP contribution in [0, 0.1) is 0 Å². The summed E-state index contributed by atoms with van der Waals surface area (Å²) in [6.45, 7) is 1.90. The number of ether oxygens (including phenoxy) is 1. The third-order valence-corrected chi connectivity index (χ3v) is 2.45. The van der Waals surface area contributed by atoms with E-state index in [2.05, 4.69) is 0 Å². The molecule has 0 aliphatic rings. The first-order chi connectivity index (χ1) is 8.95. The van der Waals surface area contributed by atoms with Crippen LogP contribution in [0.2, 0.25) is 5.02 Å². The number of hydrogen-bond donors (Lipinski definition) is 0. The highest BCUT2D eigenvalue weighted by atomic mass is 35.5. The third kappa shape index (κ3) is 4.41. The Balaban J connectivity index is 3.12. The van der Waals surface area contributed by atoms with Crippen molar-refractivity contribution in [3.05, 3.63) is 46.6 Å². The molecule has 0 spiro atoms. The summed E-state index contributed by atoms with van der Waals surface area (Å²) in [6.07, 6.45) is 1.45. The van der Waals surface area contributed by atoms with E-state index in [1.807, 2.05) is 0 Å². The summed E-state index contributed by atoms with van der Waals surface area (Å²) in [5.41, 5.74) is 0.336. The Hall–Kier alpha value is -1.81. The van der Waals surface area contributed by atoms with Gasteiger partial charge in [0.25, 0.3) is 0 Å². The molecule has 1 aromatic rings. The first-order valence-corrected chi connectivity index (χ1v) is 6.19. The molecule has 0 atom stereocenters. The molecule has 0 saturated heterocycles. The number of halogens is 1. The number of Topliss-reactive ketones (excluding diaryl/α,β-unsaturated/α-hetero) is 1. The molecule has 0 aliphatic carbocycles. The molecule has 0 N–H and O–H groups in total. The molecule has 0 aromatic heterocycles. The van der Waals surface area contributed by atoms with E-state index in [1.54, 1.807) is 44.1 Å². The molecule has 19 heavy (non-hydrogen) atoms. The van der Waals surface area contributed by atoms with Crippen LogP contribution in [-0.4, -0.2) is 37.4 Å². The molecular formula is C14H16ClNO3. The molecule has 1 rings (SSSR count). The van der Waals surface area contributed by atoms with Gasteiger partial charge in [-0.25, -0.2) is 4.79 Å². The van der Waals surface area contributed by atoms with Gasteiger partial charge < -0.3 is 9.64 Å². The van der Waals surface area contributed by atoms with Crippen LogP contribution in [0.4, 0.5) is 0 Å². The van der Waals surface area contributed by atoms with Crippen molar-refractivity contribution in [1.82, 2.24) is 4.90 Å². The van der Waals surface area contributed by atoms with Crippen molar-refractivity contribution in [2.24, 2.45) is 0 Å². The van der Waals surface area contributed by atoms with Crippen LogP contribution >= 0.6 is 11.6 Å². The Labute approximate surface area is 117 Å². The maximum atomic E-state index is 12.3. The highest BCUT2D eigenvalue weighted by Gasteiger charge is 2.21. The topological polar surface area (TPSA) is 46.6 Å². The minimum absolute atomic E-state index is 0.0193. The molecule has 0 aliphatic heterocycles. The number of nitrogens with zero attached hydrogens (tertiary/aromatic N) is 1. The first-order valence-electron chi connectivity index (χ1n) is 5.81. The number of benzene rings is 1. The van der Waals surface area contributed by atoms with E-state index < -0.39 is 11.8 Å². The van der Waals surface area contributed by atoms with E-state index in [0.29, 0.717) is 10.6 Å². The first kappa shape index (κ1) is 15.2. The van der Waals surface area contributed by atoms with Crippen LogP contribution in [0.25, 0.3) is 0 Å². The molecule has 0 heterocycles. The normalized spacial score (nSPS) is 11.1. The highest BCUT2D eigenvalue weighted by molar-refractivity contribution is 6.31. The van der Waals surface area contributed by atoms with E-state index in [9.17, 15) is 9.59 Å². The van der Waals surface area contributed by atoms with E-state index in [4.69, 9.17) is 16.3 Å². The second kappa shape index (κ2) is 6.95. The fourth-order valence-corrected chi connectivity index (χ4v) is 1.65. The second-order valence-electron chi connectivity index (χ2n) is 4.07. The molecule has 0 unspecified atom stereocenters. The van der Waals surface area contributed by atoms with Crippen molar-refractivity contribution in [3.63, 3.8) is 0 Å². The van der Waals surface area contributed by atoms with Gasteiger partial charge in [-0.2, -0.15) is 0 Å². The molecule has 0 saturated carbocycles. The zero-order valence-electron chi connectivity index (χ0n) is 11.1. The number of hydrogen-bond acceptors (Lipinski definition) is 4. The standard InChI is InChI=1S/C14H16ClNO3/c1-4-19-14(18)12(9-16(2)3)13(17)10-6-5-7-11(15)8-10/h5-9H,4H2,1-3H3. The van der Waals surface area contributed by atoms with Crippen LogP contribution in [0.15, 0.2) is 36.0 Å². The largest absolute Gasteiger partial charge is 0.462 e. The van der Waals surface area contributed by atoms with E-state index >= 15 is 0 Å². The lowest BCUT2D eigenvalue weighted by atomic mass is 10.0. The predicted octanol–water partition coefficient (Wildman–Crippen LogP) is 2.53. The molecule has 102 valence electrons. The quantitative estimate of drug-likeness (QED) is 0.274. The Morgan fingerprint density at radius 3 is 2.58 bits per heavy atom. The van der Waals surface area contributed by atoms with E-state index in [0.717, 1.165) is 0 Å². The van der Waals surface area contributed by atoms with Crippen molar-refractivity contribution in [2.75, 3.05) is 20.7 Å². The average molecular weight is 282 g/mol. The summed E-state index contributed by atoms with van der Waals surface area (Å²) in [4.78, 5) is 25.7. The maximum absolute atomic E-state index is 12.3. The zero-order valence-corrected chi connectivity index (χ0v) is 11.9. The summed E-state index contributed by atoms with van der Waals surface area (Å²) < 4.78 is 4.89. The lowest BCUT2D eigenvalue weighted by molar-refractivity contribution is -0.138. The van der Waals surface area contributed by atoms with Crippen molar-refractivity contribution in [1.29, 1.82) is 0 Å². The lowest BCUT2D eigenvalue weighted by Crippen LogP contribution is -2.19. The zero-order chi connectivity index (χ0) is 14.4. The minimum Gasteiger partial charge on any atom is -0.462 e. The molecule has 4 nitrogen and oxygen atoms in total. The van der Waals surface area contributed by atoms with Crippen LogP contribution in [-0.2, 0) is 9.53 Å². The number of carbonyl (C=O) groups excluding carboxylic acids is 2. The average Bonchev–Trinajstić information content (AvgIpc) is 2.35. The molecule has 0 fully saturated rings. The molecule has 5 heteroatoms. The van der Waals surface area contributed by atoms with Gasteiger partial charge in [0.1, 0.15) is 5.57 Å². The summed E-state index contributed by atoms with van der Waals surface area (Å²) in [7, 11) is 3.45. The maximum Gasteiger partial charge on any atom is 0.343 e. The van der Waals surface area contributed by atoms with Crippen LogP contribution < -0.4 is 0 Å². The minimum atomic E-state index is -0.638. The summed E-state index contributed by atoms with van der Waals surface area (Å²) in [5, 5.41) is 0.443. The second-order valence-corrected chi connectivity index (χ2v) is 4.50. The molecule has 0 amide bonds. The van der Waals surface area contributed by atoms with Gasteiger partial charge in [0.2, 0.25) is 5.78 Å². The van der Waals surface area contributed by atoms with Gasteiger partial charge in [0, 0.05) is 30.9 Å². The molecule has 0 radical (unpaired) electrons. The van der Waals surface area contributed by atoms with Crippen molar-refractivity contribution in [3.8, 4) is 0 Å². The van der Waals surface area contributed by atoms with Crippen molar-refractivity contribution >= 4 is 23.4 Å². The number of esters is 1. The van der Waals surface area contributed by atoms with Gasteiger partial charge in [-0.05, 0) is 19.1 Å². The van der Waals surface area contributed by atoms with Gasteiger partial charge in [-0.1, -0.05) is 23.7 Å². The van der Waals surface area contributed by atoms with E-state index in [1.165, 1.54) is 12.3 Å². The molecular weight excluding hydrogens is 266 g/mol. The fraction of sp³-hybridized carbons (Fsp3) is 0.286. The van der Waals surface area contributed by atoms with Gasteiger partial charge >= 0.3 is 5.97 Å². The van der Waals surface area contributed by atoms with Crippen LogP contribution in [0.5, 0.6) is 0 Å². The third-order valence-electron chi connectivity index (χ3n) is 2.21. The molecule has 0 bridgehead atoms. The number of ketones is 1. The van der Waals surface area contributed by atoms with Crippen LogP contribution in [0.1, 0.15) is 17.3 Å². The summed E-state index contributed by atoms with van der Waals surface area (Å²) >= 11 is 5.84. The van der Waals surface area contributed by atoms with Gasteiger partial charge in [0.15, 0.2) is 0 Å². The van der Waals surface area contributed by atoms with Crippen molar-refractivity contribution in [2.45, 2.75) is 6.92 Å². The van der Waals surface area contributed by atoms with Gasteiger partial charge in [0.05, 0.1) is 6.61 Å². The van der Waals surface area contributed by atoms with Gasteiger partial charge in [-0.3, -0.25) is 4.79 Å². The SMILES string of the molecule is CCOC(=O)C(=CN(C)C)C(=O)c1cccc(Cl)c1. The summed E-state index contributed by atoms with van der Waals surface area (Å²) in [5.74, 6) is -1.05. The predicted molar refractivity (Wildman–Crippen MR) is 74.2 cm³/mol. The van der Waals surface area contributed by atoms with E-state index in [-0.39, 0.29) is 12.2 Å². The summed E-state index contributed by atoms with van der Waals surface area (Å²) in [6, 6.07) is 6.45. The lowest BCUT2D eigenvalue weighted by Gasteiger charge is -2.10. The Bertz CT molecular complexity index is 509. The monoisotopic (exact) mass is 281 g/mol. The number of carbonyl (C=O) groups is 2. The Morgan fingerprint density at radius 1 is 1.37 bits per heavy atom. The smallest absolute Gasteiger partial charge is 0.343 e. The molecule has 1 aromatic carbocycles. The highest BCUT2D eigenvalue weighted by Crippen LogP contribution is 2.15.